The van der Waals surface area contributed by atoms with Gasteiger partial charge in [-0.1, -0.05) is 11.3 Å². The van der Waals surface area contributed by atoms with E-state index in [1.807, 2.05) is 13.8 Å². The topological polar surface area (TPSA) is 48.3 Å². The second-order valence-electron chi connectivity index (χ2n) is 4.12. The Morgan fingerprint density at radius 1 is 1.56 bits per heavy atom. The number of rotatable bonds is 3. The van der Waals surface area contributed by atoms with E-state index in [0.717, 1.165) is 17.0 Å². The molecule has 1 aliphatic rings. The number of carbonyl (C=O) groups is 1. The fourth-order valence-corrected chi connectivity index (χ4v) is 2.67. The molecule has 88 valence electrons. The summed E-state index contributed by atoms with van der Waals surface area (Å²) in [5, 5.41) is 0. The van der Waals surface area contributed by atoms with Crippen LogP contribution in [0.4, 0.5) is 0 Å². The fraction of sp³-hybridized carbons (Fsp3) is 0.636. The van der Waals surface area contributed by atoms with E-state index in [-0.39, 0.29) is 23.1 Å². The van der Waals surface area contributed by atoms with Crippen LogP contribution in [0.2, 0.25) is 0 Å². The molecule has 1 aromatic heterocycles. The summed E-state index contributed by atoms with van der Waals surface area (Å²) in [5.41, 5.74) is 0.905. The summed E-state index contributed by atoms with van der Waals surface area (Å²) in [5.74, 6) is 0.0898. The Balaban J connectivity index is 2.14. The van der Waals surface area contributed by atoms with E-state index in [4.69, 9.17) is 4.74 Å². The van der Waals surface area contributed by atoms with Gasteiger partial charge in [0, 0.05) is 23.1 Å². The van der Waals surface area contributed by atoms with E-state index in [2.05, 4.69) is 0 Å². The van der Waals surface area contributed by atoms with Gasteiger partial charge in [0.1, 0.15) is 0 Å². The number of aromatic nitrogens is 1. The maximum Gasteiger partial charge on any atom is 0.307 e. The number of ether oxygens (including phenoxy) is 1. The van der Waals surface area contributed by atoms with Crippen molar-refractivity contribution in [2.45, 2.75) is 26.8 Å². The third kappa shape index (κ3) is 2.10. The van der Waals surface area contributed by atoms with Crippen molar-refractivity contribution in [2.24, 2.45) is 5.92 Å². The minimum atomic E-state index is -0.0396. The second-order valence-corrected chi connectivity index (χ2v) is 5.29. The number of thiazole rings is 1. The lowest BCUT2D eigenvalue weighted by atomic mass is 10.0. The van der Waals surface area contributed by atoms with Gasteiger partial charge in [0.25, 0.3) is 0 Å². The lowest BCUT2D eigenvalue weighted by Crippen LogP contribution is -2.25. The first-order valence-corrected chi connectivity index (χ1v) is 6.18. The van der Waals surface area contributed by atoms with Gasteiger partial charge in [-0.3, -0.25) is 14.2 Å². The van der Waals surface area contributed by atoms with Crippen molar-refractivity contribution in [3.8, 4) is 0 Å². The molecule has 2 rings (SSSR count). The van der Waals surface area contributed by atoms with E-state index in [0.29, 0.717) is 13.2 Å². The number of hydrogen-bond acceptors (Lipinski definition) is 4. The lowest BCUT2D eigenvalue weighted by Gasteiger charge is -2.08. The molecule has 0 spiro atoms. The highest BCUT2D eigenvalue weighted by molar-refractivity contribution is 7.09. The maximum atomic E-state index is 11.9. The molecule has 0 radical (unpaired) electrons. The van der Waals surface area contributed by atoms with Crippen LogP contribution in [0, 0.1) is 19.8 Å². The van der Waals surface area contributed by atoms with E-state index < -0.39 is 0 Å². The molecule has 0 N–H and O–H groups in total. The highest BCUT2D eigenvalue weighted by atomic mass is 32.1. The monoisotopic (exact) mass is 241 g/mol. The zero-order valence-corrected chi connectivity index (χ0v) is 10.3. The number of ketones is 1. The Kier molecular flexibility index (Phi) is 3.25. The summed E-state index contributed by atoms with van der Waals surface area (Å²) in [6.07, 6.45) is 0.787. The zero-order valence-electron chi connectivity index (χ0n) is 9.49. The number of aryl methyl sites for hydroxylation is 1. The number of Topliss-reactive ketones (excluding diaryl/α,β-unsaturated/α-hetero) is 1. The SMILES string of the molecule is Cc1sc(=O)n(CC(=O)C2CCOC2)c1C. The predicted molar refractivity (Wildman–Crippen MR) is 62.0 cm³/mol. The van der Waals surface area contributed by atoms with Gasteiger partial charge in [0.2, 0.25) is 0 Å². The van der Waals surface area contributed by atoms with Gasteiger partial charge in [-0.2, -0.15) is 0 Å². The first-order valence-electron chi connectivity index (χ1n) is 5.37. The molecule has 1 saturated heterocycles. The van der Waals surface area contributed by atoms with Crippen molar-refractivity contribution in [3.63, 3.8) is 0 Å². The van der Waals surface area contributed by atoms with Crippen LogP contribution < -0.4 is 4.87 Å². The molecule has 1 aromatic rings. The average Bonchev–Trinajstić information content (AvgIpc) is 2.83. The molecular formula is C11H15NO3S. The smallest absolute Gasteiger partial charge is 0.307 e. The van der Waals surface area contributed by atoms with Gasteiger partial charge in [0.15, 0.2) is 5.78 Å². The number of hydrogen-bond donors (Lipinski definition) is 0. The molecule has 5 heteroatoms. The van der Waals surface area contributed by atoms with Gasteiger partial charge in [-0.15, -0.1) is 0 Å². The van der Waals surface area contributed by atoms with Crippen LogP contribution in [0.3, 0.4) is 0 Å². The Hall–Kier alpha value is -0.940. The lowest BCUT2D eigenvalue weighted by molar-refractivity contribution is -0.123. The molecule has 0 aliphatic carbocycles. The molecule has 0 amide bonds. The summed E-state index contributed by atoms with van der Waals surface area (Å²) in [6, 6.07) is 0. The number of nitrogens with zero attached hydrogens (tertiary/aromatic N) is 1. The molecule has 1 aliphatic heterocycles. The first-order chi connectivity index (χ1) is 7.59. The predicted octanol–water partition coefficient (Wildman–Crippen LogP) is 1.13. The fourth-order valence-electron chi connectivity index (χ4n) is 1.84. The molecule has 4 nitrogen and oxygen atoms in total. The summed E-state index contributed by atoms with van der Waals surface area (Å²) >= 11 is 1.20. The van der Waals surface area contributed by atoms with Crippen LogP contribution in [0.25, 0.3) is 0 Å². The Labute approximate surface area is 97.9 Å². The molecule has 1 unspecified atom stereocenters. The molecule has 0 aromatic carbocycles. The van der Waals surface area contributed by atoms with Gasteiger partial charge in [-0.05, 0) is 20.3 Å². The van der Waals surface area contributed by atoms with E-state index in [9.17, 15) is 9.59 Å². The summed E-state index contributed by atoms with van der Waals surface area (Å²) in [6.45, 7) is 5.15. The standard InChI is InChI=1S/C11H15NO3S/c1-7-8(2)16-11(14)12(7)5-10(13)9-3-4-15-6-9/h9H,3-6H2,1-2H3. The quantitative estimate of drug-likeness (QED) is 0.797. The normalized spacial score (nSPS) is 20.2. The maximum absolute atomic E-state index is 11.9. The van der Waals surface area contributed by atoms with Crippen LogP contribution in [0.15, 0.2) is 4.79 Å². The highest BCUT2D eigenvalue weighted by Gasteiger charge is 2.24. The van der Waals surface area contributed by atoms with Crippen LogP contribution in [0.1, 0.15) is 17.0 Å². The summed E-state index contributed by atoms with van der Waals surface area (Å²) in [4.78, 5) is 24.4. The minimum Gasteiger partial charge on any atom is -0.381 e. The average molecular weight is 241 g/mol. The van der Waals surface area contributed by atoms with Crippen molar-refractivity contribution < 1.29 is 9.53 Å². The second kappa shape index (κ2) is 4.51. The van der Waals surface area contributed by atoms with Crippen LogP contribution in [-0.4, -0.2) is 23.6 Å². The zero-order chi connectivity index (χ0) is 11.7. The van der Waals surface area contributed by atoms with Crippen molar-refractivity contribution in [3.05, 3.63) is 20.2 Å². The summed E-state index contributed by atoms with van der Waals surface area (Å²) < 4.78 is 6.75. The van der Waals surface area contributed by atoms with E-state index in [1.54, 1.807) is 4.57 Å². The van der Waals surface area contributed by atoms with Crippen molar-refractivity contribution >= 4 is 17.1 Å². The summed E-state index contributed by atoms with van der Waals surface area (Å²) in [7, 11) is 0. The third-order valence-electron chi connectivity index (χ3n) is 3.07. The molecular weight excluding hydrogens is 226 g/mol. The van der Waals surface area contributed by atoms with E-state index in [1.165, 1.54) is 11.3 Å². The van der Waals surface area contributed by atoms with Gasteiger partial charge in [0.05, 0.1) is 13.2 Å². The van der Waals surface area contributed by atoms with Gasteiger partial charge >= 0.3 is 4.87 Å². The molecule has 16 heavy (non-hydrogen) atoms. The van der Waals surface area contributed by atoms with E-state index >= 15 is 0 Å². The van der Waals surface area contributed by atoms with Crippen molar-refractivity contribution in [1.29, 1.82) is 0 Å². The van der Waals surface area contributed by atoms with Crippen molar-refractivity contribution in [1.82, 2.24) is 4.57 Å². The molecule has 1 fully saturated rings. The Morgan fingerprint density at radius 3 is 2.81 bits per heavy atom. The molecule has 0 saturated carbocycles. The minimum absolute atomic E-state index is 0.0218. The molecule has 0 bridgehead atoms. The molecule has 1 atom stereocenters. The van der Waals surface area contributed by atoms with Crippen LogP contribution in [0.5, 0.6) is 0 Å². The largest absolute Gasteiger partial charge is 0.381 e. The van der Waals surface area contributed by atoms with Crippen LogP contribution >= 0.6 is 11.3 Å². The van der Waals surface area contributed by atoms with Gasteiger partial charge < -0.3 is 4.74 Å². The van der Waals surface area contributed by atoms with Crippen molar-refractivity contribution in [2.75, 3.05) is 13.2 Å². The van der Waals surface area contributed by atoms with Gasteiger partial charge in [-0.25, -0.2) is 0 Å². The highest BCUT2D eigenvalue weighted by Crippen LogP contribution is 2.16. The Morgan fingerprint density at radius 2 is 2.31 bits per heavy atom. The first kappa shape index (κ1) is 11.5. The van der Waals surface area contributed by atoms with Crippen LogP contribution in [-0.2, 0) is 16.1 Å². The third-order valence-corrected chi connectivity index (χ3v) is 4.07. The Bertz CT molecular complexity index is 454. The molecule has 2 heterocycles. The number of carbonyl (C=O) groups excluding carboxylic acids is 1.